The molecule has 0 spiro atoms. The van der Waals surface area contributed by atoms with E-state index >= 15 is 0 Å². The Bertz CT molecular complexity index is 1130. The van der Waals surface area contributed by atoms with Gasteiger partial charge in [-0.2, -0.15) is 0 Å². The van der Waals surface area contributed by atoms with Crippen LogP contribution in [0.2, 0.25) is 0 Å². The molecule has 47 heavy (non-hydrogen) atoms. The SMILES string of the molecule is Cl.Cl.Cl.Cl.O.c1c2c(cc3c1CCC3NCCN1CCCCC1)CCC2.c1c2c(cc3c1CCC3NCCN1CCCCC1)CCC2. The predicted molar refractivity (Wildman–Crippen MR) is 208 cm³/mol. The number of aryl methyl sites for hydroxylation is 6. The van der Waals surface area contributed by atoms with Crippen LogP contribution in [0.1, 0.15) is 121 Å². The van der Waals surface area contributed by atoms with E-state index in [1.165, 1.54) is 142 Å². The second kappa shape index (κ2) is 20.9. The average Bonchev–Trinajstić information content (AvgIpc) is 3.84. The minimum absolute atomic E-state index is 0. The van der Waals surface area contributed by atoms with E-state index in [1.807, 2.05) is 0 Å². The molecule has 9 heteroatoms. The van der Waals surface area contributed by atoms with E-state index in [-0.39, 0.29) is 55.1 Å². The van der Waals surface area contributed by atoms with E-state index in [1.54, 1.807) is 44.5 Å². The van der Waals surface area contributed by atoms with E-state index in [9.17, 15) is 0 Å². The van der Waals surface area contributed by atoms with Gasteiger partial charge in [0.15, 0.2) is 0 Å². The lowest BCUT2D eigenvalue weighted by Gasteiger charge is -2.27. The van der Waals surface area contributed by atoms with E-state index in [4.69, 9.17) is 0 Å². The minimum Gasteiger partial charge on any atom is -0.412 e. The van der Waals surface area contributed by atoms with Crippen molar-refractivity contribution in [2.24, 2.45) is 0 Å². The molecule has 8 rings (SSSR count). The average molecular weight is 733 g/mol. The molecule has 0 saturated carbocycles. The Morgan fingerprint density at radius 3 is 1.19 bits per heavy atom. The molecule has 0 aromatic heterocycles. The van der Waals surface area contributed by atoms with Crippen LogP contribution in [0, 0.1) is 0 Å². The van der Waals surface area contributed by atoms with Gasteiger partial charge in [0.25, 0.3) is 0 Å². The molecule has 2 aromatic rings. The van der Waals surface area contributed by atoms with Gasteiger partial charge in [0.1, 0.15) is 0 Å². The van der Waals surface area contributed by atoms with Crippen LogP contribution in [0.3, 0.4) is 0 Å². The first-order chi connectivity index (χ1) is 20.8. The van der Waals surface area contributed by atoms with Crippen LogP contribution >= 0.6 is 49.6 Å². The number of piperidine rings is 2. The normalized spacial score (nSPS) is 22.4. The van der Waals surface area contributed by atoms with Gasteiger partial charge >= 0.3 is 0 Å². The largest absolute Gasteiger partial charge is 0.412 e. The number of nitrogens with one attached hydrogen (secondary N) is 2. The van der Waals surface area contributed by atoms with Crippen LogP contribution in [0.5, 0.6) is 0 Å². The van der Waals surface area contributed by atoms with Gasteiger partial charge in [0.05, 0.1) is 0 Å². The molecule has 2 heterocycles. The van der Waals surface area contributed by atoms with Gasteiger partial charge < -0.3 is 25.9 Å². The van der Waals surface area contributed by atoms with Crippen molar-refractivity contribution < 1.29 is 5.48 Å². The highest BCUT2D eigenvalue weighted by Gasteiger charge is 2.26. The Hall–Kier alpha value is -0.600. The Labute approximate surface area is 310 Å². The van der Waals surface area contributed by atoms with Gasteiger partial charge in [-0.05, 0) is 161 Å². The van der Waals surface area contributed by atoms with Crippen molar-refractivity contribution in [3.05, 3.63) is 68.8 Å². The third-order valence-corrected chi connectivity index (χ3v) is 11.4. The number of fused-ring (bicyclic) bond motifs is 4. The highest BCUT2D eigenvalue weighted by molar-refractivity contribution is 5.86. The summed E-state index contributed by atoms with van der Waals surface area (Å²) in [4.78, 5) is 5.27. The lowest BCUT2D eigenvalue weighted by molar-refractivity contribution is 0.226. The van der Waals surface area contributed by atoms with Crippen molar-refractivity contribution in [2.45, 2.75) is 115 Å². The Balaban J connectivity index is 0.000000295. The Morgan fingerprint density at radius 2 is 0.809 bits per heavy atom. The summed E-state index contributed by atoms with van der Waals surface area (Å²) in [5.41, 5.74) is 13.1. The highest BCUT2D eigenvalue weighted by atomic mass is 35.5. The molecule has 0 radical (unpaired) electrons. The first kappa shape index (κ1) is 42.6. The number of halogens is 4. The Kier molecular flexibility index (Phi) is 19.0. The van der Waals surface area contributed by atoms with Crippen LogP contribution in [0.4, 0.5) is 0 Å². The number of hydrogen-bond donors (Lipinski definition) is 2. The predicted octanol–water partition coefficient (Wildman–Crippen LogP) is 7.34. The standard InChI is InChI=1S/2C19H28N2.4ClH.H2O/c2*1-2-10-21(11-3-1)12-9-20-19-8-7-17-13-15-5-4-6-16(15)14-18(17)19;;;;;/h2*13-14,19-20H,1-12H2;4*1H;1H2. The first-order valence-electron chi connectivity index (χ1n) is 18.0. The van der Waals surface area contributed by atoms with Crippen molar-refractivity contribution >= 4 is 49.6 Å². The summed E-state index contributed by atoms with van der Waals surface area (Å²) < 4.78 is 0. The Morgan fingerprint density at radius 1 is 0.447 bits per heavy atom. The molecule has 2 unspecified atom stereocenters. The van der Waals surface area contributed by atoms with Gasteiger partial charge in [0.2, 0.25) is 0 Å². The zero-order valence-corrected chi connectivity index (χ0v) is 31.7. The van der Waals surface area contributed by atoms with Crippen LogP contribution in [0.15, 0.2) is 24.3 Å². The second-order valence-electron chi connectivity index (χ2n) is 14.2. The van der Waals surface area contributed by atoms with Crippen molar-refractivity contribution in [3.63, 3.8) is 0 Å². The van der Waals surface area contributed by atoms with Crippen LogP contribution in [0.25, 0.3) is 0 Å². The number of likely N-dealkylation sites (tertiary alicyclic amines) is 2. The maximum Gasteiger partial charge on any atom is 0.0326 e. The summed E-state index contributed by atoms with van der Waals surface area (Å²) in [5.74, 6) is 0. The molecule has 268 valence electrons. The summed E-state index contributed by atoms with van der Waals surface area (Å²) in [5, 5.41) is 7.67. The summed E-state index contributed by atoms with van der Waals surface area (Å²) >= 11 is 0. The number of nitrogens with zero attached hydrogens (tertiary/aromatic N) is 2. The molecular weight excluding hydrogens is 670 g/mol. The summed E-state index contributed by atoms with van der Waals surface area (Å²) in [6.45, 7) is 10.0. The van der Waals surface area contributed by atoms with Crippen molar-refractivity contribution in [2.75, 3.05) is 52.4 Å². The molecule has 6 aliphatic rings. The van der Waals surface area contributed by atoms with Crippen LogP contribution in [-0.4, -0.2) is 67.6 Å². The fraction of sp³-hybridized carbons (Fsp3) is 0.684. The van der Waals surface area contributed by atoms with Crippen LogP contribution < -0.4 is 10.6 Å². The summed E-state index contributed by atoms with van der Waals surface area (Å²) in [6.07, 6.45) is 21.6. The van der Waals surface area contributed by atoms with Gasteiger partial charge in [-0.3, -0.25) is 0 Å². The van der Waals surface area contributed by atoms with Crippen molar-refractivity contribution in [3.8, 4) is 0 Å². The van der Waals surface area contributed by atoms with Gasteiger partial charge in [-0.25, -0.2) is 0 Å². The molecule has 5 nitrogen and oxygen atoms in total. The van der Waals surface area contributed by atoms with Crippen molar-refractivity contribution in [1.29, 1.82) is 0 Å². The highest BCUT2D eigenvalue weighted by Crippen LogP contribution is 2.37. The van der Waals surface area contributed by atoms with Gasteiger partial charge in [-0.15, -0.1) is 49.6 Å². The zero-order chi connectivity index (χ0) is 28.1. The van der Waals surface area contributed by atoms with E-state index in [0.717, 1.165) is 13.1 Å². The molecule has 0 bridgehead atoms. The van der Waals surface area contributed by atoms with Gasteiger partial charge in [0, 0.05) is 38.3 Å². The lowest BCUT2D eigenvalue weighted by atomic mass is 10.0. The second-order valence-corrected chi connectivity index (χ2v) is 14.2. The molecular formula is C38H62Cl4N4O. The monoisotopic (exact) mass is 730 g/mol. The zero-order valence-electron chi connectivity index (χ0n) is 28.5. The summed E-state index contributed by atoms with van der Waals surface area (Å²) in [6, 6.07) is 11.3. The molecule has 4 aliphatic carbocycles. The summed E-state index contributed by atoms with van der Waals surface area (Å²) in [7, 11) is 0. The third kappa shape index (κ3) is 10.7. The maximum atomic E-state index is 3.83. The topological polar surface area (TPSA) is 62.0 Å². The number of benzene rings is 2. The molecule has 2 fully saturated rings. The van der Waals surface area contributed by atoms with Crippen molar-refractivity contribution in [1.82, 2.24) is 20.4 Å². The number of rotatable bonds is 8. The van der Waals surface area contributed by atoms with E-state index in [2.05, 4.69) is 44.7 Å². The molecule has 2 aromatic carbocycles. The molecule has 2 atom stereocenters. The van der Waals surface area contributed by atoms with Gasteiger partial charge in [-0.1, -0.05) is 37.1 Å². The molecule has 0 amide bonds. The fourth-order valence-corrected chi connectivity index (χ4v) is 8.96. The molecule has 4 N–H and O–H groups in total. The number of hydrogen-bond acceptors (Lipinski definition) is 4. The third-order valence-electron chi connectivity index (χ3n) is 11.4. The molecule has 2 saturated heterocycles. The quantitative estimate of drug-likeness (QED) is 0.299. The lowest BCUT2D eigenvalue weighted by Crippen LogP contribution is -2.36. The molecule has 2 aliphatic heterocycles. The maximum absolute atomic E-state index is 3.83. The van der Waals surface area contributed by atoms with E-state index < -0.39 is 0 Å². The van der Waals surface area contributed by atoms with Crippen LogP contribution in [-0.2, 0) is 38.5 Å². The smallest absolute Gasteiger partial charge is 0.0326 e. The minimum atomic E-state index is 0. The van der Waals surface area contributed by atoms with E-state index in [0.29, 0.717) is 12.1 Å². The fourth-order valence-electron chi connectivity index (χ4n) is 8.96. The first-order valence-corrected chi connectivity index (χ1v) is 18.0.